The van der Waals surface area contributed by atoms with Gasteiger partial charge in [-0.3, -0.25) is 0 Å². The molecule has 3 radical (unpaired) electrons. The molecule has 0 aliphatic rings. The second-order valence-corrected chi connectivity index (χ2v) is 4.09. The minimum atomic E-state index is -0.276. The van der Waals surface area contributed by atoms with Gasteiger partial charge in [0.1, 0.15) is 0 Å². The molecule has 0 saturated heterocycles. The number of rotatable bonds is 4. The fraction of sp³-hybridized carbons (Fsp3) is 1.00. The molecule has 0 atom stereocenters. The Labute approximate surface area is 70.0 Å². The van der Waals surface area contributed by atoms with E-state index in [0.717, 1.165) is 12.8 Å². The molecule has 0 aliphatic heterocycles. The average Bonchev–Trinajstić information content (AvgIpc) is 1.89. The van der Waals surface area contributed by atoms with E-state index < -0.39 is 0 Å². The van der Waals surface area contributed by atoms with Crippen molar-refractivity contribution in [2.45, 2.75) is 23.6 Å². The van der Waals surface area contributed by atoms with Crippen LogP contribution in [0.1, 0.15) is 19.8 Å². The van der Waals surface area contributed by atoms with Crippen LogP contribution in [0.15, 0.2) is 0 Å². The predicted octanol–water partition coefficient (Wildman–Crippen LogP) is 0.902. The van der Waals surface area contributed by atoms with E-state index in [1.54, 1.807) is 14.2 Å². The summed E-state index contributed by atoms with van der Waals surface area (Å²) in [6.07, 6.45) is 2.09. The molecule has 0 amide bonds. The van der Waals surface area contributed by atoms with Crippen LogP contribution in [-0.2, 0) is 9.47 Å². The molecule has 0 aromatic carbocycles. The zero-order valence-corrected chi connectivity index (χ0v) is 9.08. The summed E-state index contributed by atoms with van der Waals surface area (Å²) in [5.41, 5.74) is 0. The molecule has 0 N–H and O–H groups in total. The maximum atomic E-state index is 5.15. The topological polar surface area (TPSA) is 18.5 Å². The Morgan fingerprint density at radius 3 is 1.89 bits per heavy atom. The first-order valence-corrected chi connectivity index (χ1v) is 4.46. The standard InChI is InChI=1S/C6H13O2.Sn/c1-4-5-6(7-2)8-3;/h4-5H2,1-3H3;. The van der Waals surface area contributed by atoms with Gasteiger partial charge < -0.3 is 0 Å². The number of hydrogen-bond donors (Lipinski definition) is 0. The van der Waals surface area contributed by atoms with Crippen molar-refractivity contribution in [1.29, 1.82) is 0 Å². The van der Waals surface area contributed by atoms with E-state index >= 15 is 0 Å². The zero-order valence-electron chi connectivity index (χ0n) is 6.23. The summed E-state index contributed by atoms with van der Waals surface area (Å²) in [5.74, 6) is 0. The summed E-state index contributed by atoms with van der Waals surface area (Å²) in [6, 6.07) is 0. The predicted molar refractivity (Wildman–Crippen MR) is 37.4 cm³/mol. The van der Waals surface area contributed by atoms with Crippen LogP contribution in [0.5, 0.6) is 0 Å². The van der Waals surface area contributed by atoms with Crippen molar-refractivity contribution in [2.75, 3.05) is 14.2 Å². The summed E-state index contributed by atoms with van der Waals surface area (Å²) in [4.78, 5) is 0. The molecule has 53 valence electrons. The van der Waals surface area contributed by atoms with E-state index in [-0.39, 0.29) is 3.80 Å². The van der Waals surface area contributed by atoms with Crippen LogP contribution in [0, 0.1) is 0 Å². The number of hydrogen-bond acceptors (Lipinski definition) is 2. The molecule has 0 saturated carbocycles. The van der Waals surface area contributed by atoms with Crippen molar-refractivity contribution in [1.82, 2.24) is 0 Å². The van der Waals surface area contributed by atoms with Gasteiger partial charge in [0.2, 0.25) is 0 Å². The van der Waals surface area contributed by atoms with Crippen LogP contribution in [0.4, 0.5) is 0 Å². The van der Waals surface area contributed by atoms with Crippen molar-refractivity contribution in [3.63, 3.8) is 0 Å². The van der Waals surface area contributed by atoms with Crippen molar-refractivity contribution >= 4 is 22.5 Å². The van der Waals surface area contributed by atoms with Crippen LogP contribution in [0.3, 0.4) is 0 Å². The van der Waals surface area contributed by atoms with Gasteiger partial charge in [-0.2, -0.15) is 0 Å². The first-order valence-electron chi connectivity index (χ1n) is 3.04. The molecule has 0 aromatic heterocycles. The zero-order chi connectivity index (χ0) is 7.33. The summed E-state index contributed by atoms with van der Waals surface area (Å²) in [6.45, 7) is 2.12. The van der Waals surface area contributed by atoms with Crippen LogP contribution in [0.2, 0.25) is 0 Å². The normalized spacial score (nSPS) is 12.0. The molecular formula is C6H13O2Sn. The first-order chi connectivity index (χ1) is 4.18. The Balaban J connectivity index is 3.62. The third-order valence-corrected chi connectivity index (χ3v) is 3.12. The molecule has 0 spiro atoms. The van der Waals surface area contributed by atoms with Gasteiger partial charge in [0, 0.05) is 0 Å². The summed E-state index contributed by atoms with van der Waals surface area (Å²) in [5, 5.41) is 0. The third kappa shape index (κ3) is 3.43. The summed E-state index contributed by atoms with van der Waals surface area (Å²) < 4.78 is 10.0. The van der Waals surface area contributed by atoms with E-state index in [2.05, 4.69) is 6.92 Å². The molecule has 0 bridgehead atoms. The van der Waals surface area contributed by atoms with Crippen LogP contribution >= 0.6 is 0 Å². The van der Waals surface area contributed by atoms with Crippen molar-refractivity contribution in [2.24, 2.45) is 0 Å². The fourth-order valence-electron chi connectivity index (χ4n) is 0.617. The van der Waals surface area contributed by atoms with Crippen molar-refractivity contribution < 1.29 is 9.47 Å². The van der Waals surface area contributed by atoms with E-state index in [1.165, 1.54) is 22.5 Å². The molecule has 3 heteroatoms. The maximum absolute atomic E-state index is 5.15. The minimum absolute atomic E-state index is 0.276. The molecule has 0 aliphatic carbocycles. The SMILES string of the molecule is CCC[C]([Sn])(OC)OC. The van der Waals surface area contributed by atoms with E-state index in [4.69, 9.17) is 9.47 Å². The van der Waals surface area contributed by atoms with Gasteiger partial charge in [-0.25, -0.2) is 0 Å². The second kappa shape index (κ2) is 4.52. The van der Waals surface area contributed by atoms with E-state index in [0.29, 0.717) is 0 Å². The van der Waals surface area contributed by atoms with Gasteiger partial charge in [0.05, 0.1) is 0 Å². The second-order valence-electron chi connectivity index (χ2n) is 1.91. The van der Waals surface area contributed by atoms with Gasteiger partial charge in [0.15, 0.2) is 0 Å². The molecule has 0 heterocycles. The van der Waals surface area contributed by atoms with Crippen molar-refractivity contribution in [3.8, 4) is 0 Å². The van der Waals surface area contributed by atoms with E-state index in [9.17, 15) is 0 Å². The Morgan fingerprint density at radius 1 is 1.33 bits per heavy atom. The number of methoxy groups -OCH3 is 2. The fourth-order valence-corrected chi connectivity index (χ4v) is 1.33. The third-order valence-electron chi connectivity index (χ3n) is 1.24. The summed E-state index contributed by atoms with van der Waals surface area (Å²) in [7, 11) is 3.38. The molecule has 9 heavy (non-hydrogen) atoms. The Morgan fingerprint density at radius 2 is 1.78 bits per heavy atom. The molecule has 0 fully saturated rings. The van der Waals surface area contributed by atoms with Gasteiger partial charge in [0.25, 0.3) is 0 Å². The first kappa shape index (κ1) is 9.72. The van der Waals surface area contributed by atoms with Crippen LogP contribution in [0.25, 0.3) is 0 Å². The van der Waals surface area contributed by atoms with Crippen LogP contribution in [-0.4, -0.2) is 40.5 Å². The Hall–Kier alpha value is 0.719. The average molecular weight is 236 g/mol. The molecule has 0 rings (SSSR count). The molecule has 0 aromatic rings. The monoisotopic (exact) mass is 237 g/mol. The van der Waals surface area contributed by atoms with Gasteiger partial charge in [-0.15, -0.1) is 0 Å². The van der Waals surface area contributed by atoms with Gasteiger partial charge >= 0.3 is 69.8 Å². The Bertz CT molecular complexity index is 71.5. The van der Waals surface area contributed by atoms with Gasteiger partial charge in [-0.05, 0) is 0 Å². The van der Waals surface area contributed by atoms with Gasteiger partial charge in [-0.1, -0.05) is 0 Å². The van der Waals surface area contributed by atoms with E-state index in [1.807, 2.05) is 0 Å². The molecule has 2 nitrogen and oxygen atoms in total. The summed E-state index contributed by atoms with van der Waals surface area (Å²) >= 11 is 1.29. The van der Waals surface area contributed by atoms with Crippen LogP contribution < -0.4 is 0 Å². The Kier molecular flexibility index (Phi) is 4.88. The molecular weight excluding hydrogens is 223 g/mol. The number of ether oxygens (including phenoxy) is 2. The van der Waals surface area contributed by atoms with Crippen molar-refractivity contribution in [3.05, 3.63) is 0 Å². The molecule has 0 unspecified atom stereocenters. The quantitative estimate of drug-likeness (QED) is 0.533.